The van der Waals surface area contributed by atoms with Crippen molar-refractivity contribution in [2.75, 3.05) is 38.5 Å². The van der Waals surface area contributed by atoms with Gasteiger partial charge in [-0.3, -0.25) is 0 Å². The molecule has 2 aromatic rings. The normalized spacial score (nSPS) is 10.1. The number of methoxy groups -OCH3 is 2. The van der Waals surface area contributed by atoms with E-state index in [0.717, 1.165) is 22.7 Å². The van der Waals surface area contributed by atoms with Gasteiger partial charge in [0.15, 0.2) is 0 Å². The van der Waals surface area contributed by atoms with Gasteiger partial charge in [-0.25, -0.2) is 0 Å². The molecule has 0 radical (unpaired) electrons. The third-order valence-electron chi connectivity index (χ3n) is 3.36. The van der Waals surface area contributed by atoms with Gasteiger partial charge in [0.1, 0.15) is 11.5 Å². The molecule has 0 bridgehead atoms. The third-order valence-corrected chi connectivity index (χ3v) is 3.36. The lowest BCUT2D eigenvalue weighted by molar-refractivity contribution is 0.391. The zero-order valence-electron chi connectivity index (χ0n) is 13.0. The van der Waals surface area contributed by atoms with Crippen molar-refractivity contribution < 1.29 is 9.47 Å². The lowest BCUT2D eigenvalue weighted by Crippen LogP contribution is -2.08. The first-order valence-corrected chi connectivity index (χ1v) is 6.86. The van der Waals surface area contributed by atoms with Gasteiger partial charge in [0.25, 0.3) is 0 Å². The topological polar surface area (TPSA) is 33.7 Å². The van der Waals surface area contributed by atoms with Gasteiger partial charge in [-0.05, 0) is 36.4 Å². The van der Waals surface area contributed by atoms with Crippen LogP contribution in [0.1, 0.15) is 5.56 Å². The molecule has 112 valence electrons. The summed E-state index contributed by atoms with van der Waals surface area (Å²) in [5.74, 6) is 1.62. The van der Waals surface area contributed by atoms with Gasteiger partial charge < -0.3 is 19.7 Å². The zero-order valence-corrected chi connectivity index (χ0v) is 13.0. The SMILES string of the molecule is COc1ccc(CNc2ccc(N(C)C)cc2)c(OC)c1. The summed E-state index contributed by atoms with van der Waals surface area (Å²) in [4.78, 5) is 2.08. The molecule has 0 aliphatic carbocycles. The van der Waals surface area contributed by atoms with Crippen molar-refractivity contribution >= 4 is 11.4 Å². The number of hydrogen-bond acceptors (Lipinski definition) is 4. The van der Waals surface area contributed by atoms with E-state index < -0.39 is 0 Å². The van der Waals surface area contributed by atoms with Gasteiger partial charge in [0.05, 0.1) is 14.2 Å². The summed E-state index contributed by atoms with van der Waals surface area (Å²) in [6.07, 6.45) is 0. The van der Waals surface area contributed by atoms with Gasteiger partial charge in [-0.1, -0.05) is 0 Å². The van der Waals surface area contributed by atoms with Crippen LogP contribution in [0.4, 0.5) is 11.4 Å². The molecule has 2 rings (SSSR count). The van der Waals surface area contributed by atoms with Gasteiger partial charge in [0.2, 0.25) is 0 Å². The summed E-state index contributed by atoms with van der Waals surface area (Å²) in [5, 5.41) is 3.40. The number of nitrogens with zero attached hydrogens (tertiary/aromatic N) is 1. The molecule has 0 saturated heterocycles. The molecular formula is C17H22N2O2. The van der Waals surface area contributed by atoms with E-state index in [4.69, 9.17) is 9.47 Å². The Morgan fingerprint density at radius 1 is 0.952 bits per heavy atom. The number of anilines is 2. The second kappa shape index (κ2) is 6.88. The van der Waals surface area contributed by atoms with Crippen LogP contribution in [0.15, 0.2) is 42.5 Å². The summed E-state index contributed by atoms with van der Waals surface area (Å²) >= 11 is 0. The molecular weight excluding hydrogens is 264 g/mol. The maximum Gasteiger partial charge on any atom is 0.127 e. The number of nitrogens with one attached hydrogen (secondary N) is 1. The first-order chi connectivity index (χ1) is 10.1. The first kappa shape index (κ1) is 15.0. The predicted octanol–water partition coefficient (Wildman–Crippen LogP) is 3.38. The quantitative estimate of drug-likeness (QED) is 0.882. The average molecular weight is 286 g/mol. The molecule has 0 heterocycles. The molecule has 1 N–H and O–H groups in total. The van der Waals surface area contributed by atoms with E-state index in [1.54, 1.807) is 14.2 Å². The molecule has 4 heteroatoms. The van der Waals surface area contributed by atoms with Crippen molar-refractivity contribution in [2.24, 2.45) is 0 Å². The van der Waals surface area contributed by atoms with Crippen molar-refractivity contribution in [1.82, 2.24) is 0 Å². The van der Waals surface area contributed by atoms with E-state index >= 15 is 0 Å². The number of hydrogen-bond donors (Lipinski definition) is 1. The van der Waals surface area contributed by atoms with Crippen molar-refractivity contribution in [1.29, 1.82) is 0 Å². The zero-order chi connectivity index (χ0) is 15.2. The van der Waals surface area contributed by atoms with E-state index in [2.05, 4.69) is 34.5 Å². The van der Waals surface area contributed by atoms with Gasteiger partial charge in [-0.2, -0.15) is 0 Å². The van der Waals surface area contributed by atoms with Crippen LogP contribution in [0.2, 0.25) is 0 Å². The summed E-state index contributed by atoms with van der Waals surface area (Å²) in [6.45, 7) is 0.703. The van der Waals surface area contributed by atoms with Crippen molar-refractivity contribution in [2.45, 2.75) is 6.54 Å². The van der Waals surface area contributed by atoms with Crippen LogP contribution >= 0.6 is 0 Å². The highest BCUT2D eigenvalue weighted by Crippen LogP contribution is 2.25. The fourth-order valence-corrected chi connectivity index (χ4v) is 2.07. The van der Waals surface area contributed by atoms with Crippen molar-refractivity contribution in [3.63, 3.8) is 0 Å². The summed E-state index contributed by atoms with van der Waals surface area (Å²) < 4.78 is 10.6. The largest absolute Gasteiger partial charge is 0.497 e. The van der Waals surface area contributed by atoms with Crippen LogP contribution in [0.25, 0.3) is 0 Å². The fourth-order valence-electron chi connectivity index (χ4n) is 2.07. The first-order valence-electron chi connectivity index (χ1n) is 6.86. The smallest absolute Gasteiger partial charge is 0.127 e. The van der Waals surface area contributed by atoms with E-state index in [9.17, 15) is 0 Å². The second-order valence-electron chi connectivity index (χ2n) is 4.97. The molecule has 0 spiro atoms. The monoisotopic (exact) mass is 286 g/mol. The Labute approximate surface area is 126 Å². The minimum atomic E-state index is 0.703. The van der Waals surface area contributed by atoms with Crippen LogP contribution in [0.3, 0.4) is 0 Å². The summed E-state index contributed by atoms with van der Waals surface area (Å²) in [7, 11) is 7.39. The lowest BCUT2D eigenvalue weighted by atomic mass is 10.2. The van der Waals surface area contributed by atoms with E-state index in [1.165, 1.54) is 5.69 Å². The molecule has 0 aromatic heterocycles. The molecule has 0 atom stereocenters. The highest BCUT2D eigenvalue weighted by molar-refractivity contribution is 5.55. The number of ether oxygens (including phenoxy) is 2. The van der Waals surface area contributed by atoms with Gasteiger partial charge >= 0.3 is 0 Å². The average Bonchev–Trinajstić information content (AvgIpc) is 2.53. The van der Waals surface area contributed by atoms with E-state index in [1.807, 2.05) is 32.3 Å². The standard InChI is InChI=1S/C17H22N2O2/c1-19(2)15-8-6-14(7-9-15)18-12-13-5-10-16(20-3)11-17(13)21-4/h5-11,18H,12H2,1-4H3. The maximum atomic E-state index is 5.40. The Balaban J connectivity index is 2.05. The van der Waals surface area contributed by atoms with Crippen molar-refractivity contribution in [3.8, 4) is 11.5 Å². The molecule has 21 heavy (non-hydrogen) atoms. The van der Waals surface area contributed by atoms with Crippen molar-refractivity contribution in [3.05, 3.63) is 48.0 Å². The fraction of sp³-hybridized carbons (Fsp3) is 0.294. The Bertz CT molecular complexity index is 580. The summed E-state index contributed by atoms with van der Waals surface area (Å²) in [6, 6.07) is 14.2. The minimum absolute atomic E-state index is 0.703. The molecule has 2 aromatic carbocycles. The highest BCUT2D eigenvalue weighted by Gasteiger charge is 2.05. The molecule has 0 aliphatic heterocycles. The minimum Gasteiger partial charge on any atom is -0.497 e. The van der Waals surface area contributed by atoms with Crippen LogP contribution in [0, 0.1) is 0 Å². The van der Waals surface area contributed by atoms with Crippen LogP contribution in [-0.2, 0) is 6.54 Å². The van der Waals surface area contributed by atoms with Gasteiger partial charge in [-0.15, -0.1) is 0 Å². The Morgan fingerprint density at radius 2 is 1.67 bits per heavy atom. The second-order valence-corrected chi connectivity index (χ2v) is 4.97. The molecule has 0 aliphatic rings. The predicted molar refractivity (Wildman–Crippen MR) is 87.6 cm³/mol. The molecule has 0 amide bonds. The number of benzene rings is 2. The molecule has 4 nitrogen and oxygen atoms in total. The highest BCUT2D eigenvalue weighted by atomic mass is 16.5. The third kappa shape index (κ3) is 3.81. The van der Waals surface area contributed by atoms with Gasteiger partial charge in [0, 0.05) is 43.6 Å². The Hall–Kier alpha value is -2.36. The Kier molecular flexibility index (Phi) is 4.93. The Morgan fingerprint density at radius 3 is 2.24 bits per heavy atom. The lowest BCUT2D eigenvalue weighted by Gasteiger charge is -2.14. The summed E-state index contributed by atoms with van der Waals surface area (Å²) in [5.41, 5.74) is 3.36. The van der Waals surface area contributed by atoms with E-state index in [0.29, 0.717) is 6.54 Å². The van der Waals surface area contributed by atoms with Crippen LogP contribution in [-0.4, -0.2) is 28.3 Å². The maximum absolute atomic E-state index is 5.40. The molecule has 0 saturated carbocycles. The molecule has 0 unspecified atom stereocenters. The number of rotatable bonds is 6. The van der Waals surface area contributed by atoms with E-state index in [-0.39, 0.29) is 0 Å². The van der Waals surface area contributed by atoms with Crippen LogP contribution in [0.5, 0.6) is 11.5 Å². The molecule has 0 fully saturated rings. The van der Waals surface area contributed by atoms with Crippen LogP contribution < -0.4 is 19.7 Å².